The van der Waals surface area contributed by atoms with Crippen LogP contribution in [0.4, 0.5) is 0 Å². The van der Waals surface area contributed by atoms with E-state index in [-0.39, 0.29) is 18.5 Å². The quantitative estimate of drug-likeness (QED) is 0.0321. The third kappa shape index (κ3) is 49.1. The molecule has 368 valence electrons. The Morgan fingerprint density at radius 1 is 0.444 bits per heavy atom. The first kappa shape index (κ1) is 60.8. The number of aliphatic hydroxyl groups is 2. The van der Waals surface area contributed by atoms with Crippen LogP contribution in [-0.4, -0.2) is 47.4 Å². The Kier molecular flexibility index (Phi) is 50.6. The van der Waals surface area contributed by atoms with Gasteiger partial charge < -0.3 is 20.3 Å². The van der Waals surface area contributed by atoms with Crippen molar-refractivity contribution >= 4 is 11.9 Å². The van der Waals surface area contributed by atoms with E-state index < -0.39 is 12.1 Å². The topological polar surface area (TPSA) is 95.9 Å². The first-order valence-electron chi connectivity index (χ1n) is 27.4. The van der Waals surface area contributed by atoms with Crippen LogP contribution in [0.3, 0.4) is 0 Å². The van der Waals surface area contributed by atoms with Crippen molar-refractivity contribution in [1.29, 1.82) is 0 Å². The predicted molar refractivity (Wildman–Crippen MR) is 273 cm³/mol. The molecule has 2 unspecified atom stereocenters. The maximum absolute atomic E-state index is 12.4. The maximum atomic E-state index is 12.4. The smallest absolute Gasteiger partial charge is 0.305 e. The predicted octanol–water partition coefficient (Wildman–Crippen LogP) is 16.6. The van der Waals surface area contributed by atoms with Crippen LogP contribution >= 0.6 is 0 Å². The molecule has 3 N–H and O–H groups in total. The maximum Gasteiger partial charge on any atom is 0.305 e. The Hall–Kier alpha value is -2.18. The van der Waals surface area contributed by atoms with Gasteiger partial charge in [0, 0.05) is 12.8 Å². The Morgan fingerprint density at radius 2 is 0.794 bits per heavy atom. The molecule has 1 amide bonds. The summed E-state index contributed by atoms with van der Waals surface area (Å²) in [5.41, 5.74) is 0. The van der Waals surface area contributed by atoms with E-state index >= 15 is 0 Å². The van der Waals surface area contributed by atoms with Crippen LogP contribution in [0.15, 0.2) is 48.6 Å². The molecule has 0 aromatic rings. The minimum Gasteiger partial charge on any atom is -0.466 e. The van der Waals surface area contributed by atoms with Crippen LogP contribution in [0, 0.1) is 0 Å². The van der Waals surface area contributed by atoms with Crippen molar-refractivity contribution in [1.82, 2.24) is 5.32 Å². The van der Waals surface area contributed by atoms with Gasteiger partial charge in [0.1, 0.15) is 0 Å². The number of carbonyl (C=O) groups excluding carboxylic acids is 2. The number of esters is 1. The molecule has 6 heteroatoms. The standard InChI is InChI=1S/C57H105NO5/c1-3-5-7-9-11-13-15-16-17-21-25-28-31-35-39-43-47-51-57(62)63-52-48-44-40-36-32-29-26-23-20-18-19-22-24-27-30-34-38-42-46-50-56(61)58-54(53-59)55(60)49-45-41-37-33-14-12-10-8-6-4-2/h11,13,16-19,45,49,54-55,59-60H,3-10,12,14-15,20-44,46-48,50-53H2,1-2H3,(H,58,61)/b13-11-,17-16-,19-18-,49-45+. The lowest BCUT2D eigenvalue weighted by Crippen LogP contribution is -2.45. The van der Waals surface area contributed by atoms with Gasteiger partial charge in [0.2, 0.25) is 5.91 Å². The molecule has 0 aliphatic rings. The highest BCUT2D eigenvalue weighted by atomic mass is 16.5. The van der Waals surface area contributed by atoms with E-state index in [0.29, 0.717) is 19.4 Å². The van der Waals surface area contributed by atoms with Crippen LogP contribution in [0.25, 0.3) is 0 Å². The van der Waals surface area contributed by atoms with E-state index in [1.165, 1.54) is 186 Å². The van der Waals surface area contributed by atoms with Gasteiger partial charge in [-0.05, 0) is 89.9 Å². The highest BCUT2D eigenvalue weighted by Gasteiger charge is 2.18. The molecule has 0 rings (SSSR count). The molecule has 0 heterocycles. The van der Waals surface area contributed by atoms with Crippen molar-refractivity contribution in [3.05, 3.63) is 48.6 Å². The van der Waals surface area contributed by atoms with E-state index in [1.54, 1.807) is 6.08 Å². The van der Waals surface area contributed by atoms with Gasteiger partial charge in [-0.1, -0.05) is 223 Å². The summed E-state index contributed by atoms with van der Waals surface area (Å²) in [5, 5.41) is 22.9. The third-order valence-corrected chi connectivity index (χ3v) is 12.3. The van der Waals surface area contributed by atoms with E-state index in [1.807, 2.05) is 6.08 Å². The fourth-order valence-electron chi connectivity index (χ4n) is 8.07. The van der Waals surface area contributed by atoms with Crippen molar-refractivity contribution in [2.45, 2.75) is 289 Å². The fraction of sp³-hybridized carbons (Fsp3) is 0.825. The fourth-order valence-corrected chi connectivity index (χ4v) is 8.07. The Bertz CT molecular complexity index is 1070. The lowest BCUT2D eigenvalue weighted by atomic mass is 10.1. The molecule has 0 saturated heterocycles. The SMILES string of the molecule is CCCCC/C=C\C/C=C\CCCCCCCCCC(=O)OCCCCCCCCCC/C=C\CCCCCCCCCC(=O)NC(CO)C(O)/C=C/CCCCCCCCCC. The Balaban J connectivity index is 3.44. The zero-order valence-electron chi connectivity index (χ0n) is 41.8. The molecule has 0 aromatic carbocycles. The van der Waals surface area contributed by atoms with Crippen molar-refractivity contribution in [3.63, 3.8) is 0 Å². The van der Waals surface area contributed by atoms with E-state index in [4.69, 9.17) is 4.74 Å². The van der Waals surface area contributed by atoms with Gasteiger partial charge in [0.25, 0.3) is 0 Å². The number of ether oxygens (including phenoxy) is 1. The number of hydrogen-bond donors (Lipinski definition) is 3. The normalized spacial score (nSPS) is 13.0. The summed E-state index contributed by atoms with van der Waals surface area (Å²) in [7, 11) is 0. The second-order valence-corrected chi connectivity index (χ2v) is 18.5. The summed E-state index contributed by atoms with van der Waals surface area (Å²) in [6.45, 7) is 4.83. The van der Waals surface area contributed by atoms with Crippen LogP contribution in [0.2, 0.25) is 0 Å². The Morgan fingerprint density at radius 3 is 1.25 bits per heavy atom. The molecule has 0 aliphatic carbocycles. The van der Waals surface area contributed by atoms with Crippen molar-refractivity contribution in [2.24, 2.45) is 0 Å². The van der Waals surface area contributed by atoms with Crippen molar-refractivity contribution < 1.29 is 24.5 Å². The van der Waals surface area contributed by atoms with Gasteiger partial charge in [-0.2, -0.15) is 0 Å². The number of amides is 1. The summed E-state index contributed by atoms with van der Waals surface area (Å²) < 4.78 is 5.47. The first-order valence-corrected chi connectivity index (χ1v) is 27.4. The van der Waals surface area contributed by atoms with Crippen LogP contribution in [0.5, 0.6) is 0 Å². The van der Waals surface area contributed by atoms with Gasteiger partial charge in [0.05, 0.1) is 25.4 Å². The first-order chi connectivity index (χ1) is 31.0. The second kappa shape index (κ2) is 52.4. The van der Waals surface area contributed by atoms with E-state index in [0.717, 1.165) is 64.2 Å². The molecule has 2 atom stereocenters. The summed E-state index contributed by atoms with van der Waals surface area (Å²) in [6.07, 6.45) is 65.5. The minimum absolute atomic E-state index is 0.00551. The molecule has 63 heavy (non-hydrogen) atoms. The molecule has 0 aromatic heterocycles. The summed E-state index contributed by atoms with van der Waals surface area (Å²) in [4.78, 5) is 24.4. The van der Waals surface area contributed by atoms with Gasteiger partial charge in [0.15, 0.2) is 0 Å². The number of nitrogens with one attached hydrogen (secondary N) is 1. The second-order valence-electron chi connectivity index (χ2n) is 18.5. The van der Waals surface area contributed by atoms with Crippen LogP contribution in [-0.2, 0) is 14.3 Å². The molecular weight excluding hydrogens is 779 g/mol. The number of allylic oxidation sites excluding steroid dienone is 7. The molecular formula is C57H105NO5. The lowest BCUT2D eigenvalue weighted by Gasteiger charge is -2.20. The summed E-state index contributed by atoms with van der Waals surface area (Å²) in [6, 6.07) is -0.634. The van der Waals surface area contributed by atoms with Gasteiger partial charge >= 0.3 is 5.97 Å². The number of hydrogen-bond acceptors (Lipinski definition) is 5. The lowest BCUT2D eigenvalue weighted by molar-refractivity contribution is -0.143. The molecule has 0 aliphatic heterocycles. The van der Waals surface area contributed by atoms with Crippen LogP contribution < -0.4 is 5.32 Å². The molecule has 6 nitrogen and oxygen atoms in total. The van der Waals surface area contributed by atoms with E-state index in [2.05, 4.69) is 55.6 Å². The Labute approximate surface area is 391 Å². The average molecular weight is 884 g/mol. The monoisotopic (exact) mass is 884 g/mol. The summed E-state index contributed by atoms with van der Waals surface area (Å²) in [5.74, 6) is -0.0863. The molecule has 0 fully saturated rings. The molecule has 0 saturated carbocycles. The third-order valence-electron chi connectivity index (χ3n) is 12.3. The number of rotatable bonds is 50. The highest BCUT2D eigenvalue weighted by Crippen LogP contribution is 2.15. The summed E-state index contributed by atoms with van der Waals surface area (Å²) >= 11 is 0. The van der Waals surface area contributed by atoms with E-state index in [9.17, 15) is 19.8 Å². The highest BCUT2D eigenvalue weighted by molar-refractivity contribution is 5.76. The molecule has 0 radical (unpaired) electrons. The average Bonchev–Trinajstić information content (AvgIpc) is 3.28. The van der Waals surface area contributed by atoms with Crippen molar-refractivity contribution in [3.8, 4) is 0 Å². The largest absolute Gasteiger partial charge is 0.466 e. The van der Waals surface area contributed by atoms with Crippen molar-refractivity contribution in [2.75, 3.05) is 13.2 Å². The zero-order valence-corrected chi connectivity index (χ0v) is 41.8. The number of carbonyl (C=O) groups is 2. The molecule has 0 bridgehead atoms. The number of unbranched alkanes of at least 4 members (excludes halogenated alkanes) is 33. The molecule has 0 spiro atoms. The van der Waals surface area contributed by atoms with Gasteiger partial charge in [-0.25, -0.2) is 0 Å². The zero-order chi connectivity index (χ0) is 45.8. The van der Waals surface area contributed by atoms with Crippen LogP contribution in [0.1, 0.15) is 277 Å². The number of aliphatic hydroxyl groups excluding tert-OH is 2. The van der Waals surface area contributed by atoms with Gasteiger partial charge in [-0.3, -0.25) is 9.59 Å². The minimum atomic E-state index is -0.849. The van der Waals surface area contributed by atoms with Gasteiger partial charge in [-0.15, -0.1) is 0 Å².